The number of rotatable bonds is 10. The monoisotopic (exact) mass is 1030 g/mol. The molecule has 2 unspecified atom stereocenters. The van der Waals surface area contributed by atoms with Crippen LogP contribution in [0.5, 0.6) is 0 Å². The van der Waals surface area contributed by atoms with E-state index in [1.807, 2.05) is 104 Å². The van der Waals surface area contributed by atoms with Crippen LogP contribution in [0.4, 0.5) is 0 Å². The third-order valence-electron chi connectivity index (χ3n) is 14.5. The number of ether oxygens (including phenoxy) is 12. The summed E-state index contributed by atoms with van der Waals surface area (Å²) in [6.07, 6.45) is -3.09. The molecule has 8 aliphatic rings. The van der Waals surface area contributed by atoms with Crippen LogP contribution in [-0.4, -0.2) is 150 Å². The number of hydrogen-bond acceptors (Lipinski definition) is 18. The first-order chi connectivity index (χ1) is 34.7. The minimum absolute atomic E-state index is 0.244. The van der Waals surface area contributed by atoms with Gasteiger partial charge < -0.3 is 87.2 Å². The lowest BCUT2D eigenvalue weighted by atomic mass is 9.98. The molecule has 6 N–H and O–H groups in total. The highest BCUT2D eigenvalue weighted by atomic mass is 16.8. The van der Waals surface area contributed by atoms with Gasteiger partial charge in [0.05, 0.1) is 49.2 Å². The lowest BCUT2D eigenvalue weighted by molar-refractivity contribution is -0.174. The standard InChI is InChI=1S/C54H70N4O16/c1-49(2)63-23-35(65-49)43-47(73-53(9,10)69-43)39-29-17-13-25(55-29)37(45-41(33(61)21-59)67-51(5,6)71-45)27-15-19-31(57-27)40(48-44(70-54(11,12)74-48)36-24-64-50(3,4)66-36)32-20-16-28(58-32)38(26-14-18-30(39)56-26)46-42(34(62)22-60)68-52(7,8)72-46/h13-20,33-36,41-48,55,58-62H,21-24H2,1-12H3/t33-,34?,35+,36+,41-,42?,43-,44-,45-,46-,47-,48-/m1/s1. The summed E-state index contributed by atoms with van der Waals surface area (Å²) in [5.41, 5.74) is 6.61. The second kappa shape index (κ2) is 18.3. The third kappa shape index (κ3) is 9.62. The first kappa shape index (κ1) is 52.0. The van der Waals surface area contributed by atoms with E-state index in [1.54, 1.807) is 27.7 Å². The molecule has 6 saturated heterocycles. The molecule has 8 aliphatic heterocycles. The van der Waals surface area contributed by atoms with Gasteiger partial charge in [-0.15, -0.1) is 0 Å². The van der Waals surface area contributed by atoms with Crippen molar-refractivity contribution in [2.24, 2.45) is 0 Å². The van der Waals surface area contributed by atoms with E-state index in [0.29, 0.717) is 67.1 Å². The lowest BCUT2D eigenvalue weighted by Crippen LogP contribution is -2.35. The van der Waals surface area contributed by atoms with Gasteiger partial charge in [-0.05, 0) is 132 Å². The number of aliphatic hydroxyl groups excluding tert-OH is 4. The van der Waals surface area contributed by atoms with E-state index >= 15 is 0 Å². The fourth-order valence-corrected chi connectivity index (χ4v) is 11.6. The largest absolute Gasteiger partial charge is 0.394 e. The van der Waals surface area contributed by atoms with Gasteiger partial charge in [0.1, 0.15) is 73.2 Å². The van der Waals surface area contributed by atoms with Crippen LogP contribution < -0.4 is 0 Å². The molecule has 0 radical (unpaired) electrons. The number of nitrogens with zero attached hydrogens (tertiary/aromatic N) is 2. The van der Waals surface area contributed by atoms with E-state index in [9.17, 15) is 20.4 Å². The SMILES string of the molecule is CC1(C)OC(C(O)CO)[C@@H](c2c3nc(c([C@H]4OC(C)(C)O[C@@H]4[C@@H]4COC(C)(C)O4)c4ccc([nH]4)c([C@H]4OC(C)(C)O[C@@H]4[C@H](O)CO)c4nc(c([C@H]5OC(C)(C)O[C@@H]5[C@@H]5COC(C)(C)O5)c5ccc2[nH]5)C=C4)C=C3)O1. The van der Waals surface area contributed by atoms with Gasteiger partial charge in [0.25, 0.3) is 0 Å². The van der Waals surface area contributed by atoms with Crippen LogP contribution in [0.2, 0.25) is 0 Å². The van der Waals surface area contributed by atoms with Crippen molar-refractivity contribution in [3.05, 3.63) is 69.3 Å². The zero-order valence-corrected chi connectivity index (χ0v) is 44.0. The maximum absolute atomic E-state index is 11.4. The Kier molecular flexibility index (Phi) is 12.9. The molecule has 12 atom stereocenters. The van der Waals surface area contributed by atoms with Crippen molar-refractivity contribution in [3.8, 4) is 0 Å². The molecule has 11 heterocycles. The highest BCUT2D eigenvalue weighted by Gasteiger charge is 2.54. The Hall–Kier alpha value is -4.04. The minimum atomic E-state index is -1.33. The number of aromatic amines is 2. The van der Waals surface area contributed by atoms with Gasteiger partial charge in [0.15, 0.2) is 34.7 Å². The molecule has 6 fully saturated rings. The summed E-state index contributed by atoms with van der Waals surface area (Å²) in [6, 6.07) is 7.66. The summed E-state index contributed by atoms with van der Waals surface area (Å²) in [5, 5.41) is 43.7. The molecule has 8 bridgehead atoms. The van der Waals surface area contributed by atoms with E-state index in [0.717, 1.165) is 0 Å². The second-order valence-electron chi connectivity index (χ2n) is 23.0. The Labute approximate surface area is 429 Å². The van der Waals surface area contributed by atoms with Gasteiger partial charge >= 0.3 is 0 Å². The molecule has 3 aromatic heterocycles. The predicted octanol–water partition coefficient (Wildman–Crippen LogP) is 6.44. The zero-order valence-electron chi connectivity index (χ0n) is 44.0. The number of nitrogens with one attached hydrogen (secondary N) is 2. The van der Waals surface area contributed by atoms with Gasteiger partial charge in [-0.2, -0.15) is 0 Å². The van der Waals surface area contributed by atoms with Gasteiger partial charge in [0.2, 0.25) is 0 Å². The van der Waals surface area contributed by atoms with Gasteiger partial charge in [-0.25, -0.2) is 9.97 Å². The first-order valence-corrected chi connectivity index (χ1v) is 25.5. The molecule has 0 spiro atoms. The highest BCUT2D eigenvalue weighted by Crippen LogP contribution is 2.50. The molecule has 74 heavy (non-hydrogen) atoms. The first-order valence-electron chi connectivity index (χ1n) is 25.5. The van der Waals surface area contributed by atoms with E-state index in [2.05, 4.69) is 9.97 Å². The molecule has 3 aromatic rings. The number of fused-ring (bicyclic) bond motifs is 8. The molecular weight excluding hydrogens is 961 g/mol. The summed E-state index contributed by atoms with van der Waals surface area (Å²) < 4.78 is 78.5. The minimum Gasteiger partial charge on any atom is -0.394 e. The molecule has 0 aliphatic carbocycles. The molecule has 402 valence electrons. The van der Waals surface area contributed by atoms with Crippen molar-refractivity contribution in [1.82, 2.24) is 19.9 Å². The van der Waals surface area contributed by atoms with Crippen molar-refractivity contribution in [2.75, 3.05) is 26.4 Å². The normalized spacial score (nSPS) is 34.0. The van der Waals surface area contributed by atoms with E-state index in [-0.39, 0.29) is 13.2 Å². The van der Waals surface area contributed by atoms with Crippen molar-refractivity contribution in [1.29, 1.82) is 0 Å². The molecule has 0 aromatic carbocycles. The Morgan fingerprint density at radius 1 is 0.432 bits per heavy atom. The van der Waals surface area contributed by atoms with Crippen LogP contribution in [0, 0.1) is 0 Å². The molecular formula is C54H70N4O16. The number of aromatic nitrogens is 4. The molecule has 20 heteroatoms. The highest BCUT2D eigenvalue weighted by molar-refractivity contribution is 5.84. The van der Waals surface area contributed by atoms with Crippen LogP contribution >= 0.6 is 0 Å². The maximum Gasteiger partial charge on any atom is 0.164 e. The predicted molar refractivity (Wildman–Crippen MR) is 266 cm³/mol. The molecule has 11 rings (SSSR count). The van der Waals surface area contributed by atoms with Gasteiger partial charge in [-0.3, -0.25) is 0 Å². The number of aliphatic hydroxyl groups is 4. The average molecular weight is 1030 g/mol. The molecule has 20 nitrogen and oxygen atoms in total. The smallest absolute Gasteiger partial charge is 0.164 e. The number of hydrogen-bond donors (Lipinski definition) is 6. The Morgan fingerprint density at radius 3 is 1.03 bits per heavy atom. The van der Waals surface area contributed by atoms with Gasteiger partial charge in [-0.1, -0.05) is 0 Å². The summed E-state index contributed by atoms with van der Waals surface area (Å²) in [5.74, 6) is -6.26. The summed E-state index contributed by atoms with van der Waals surface area (Å²) in [7, 11) is 0. The summed E-state index contributed by atoms with van der Waals surface area (Å²) in [6.45, 7) is 21.2. The number of H-pyrrole nitrogens is 2. The Bertz CT molecular complexity index is 2710. The third-order valence-corrected chi connectivity index (χ3v) is 14.5. The topological polar surface area (TPSA) is 249 Å². The van der Waals surface area contributed by atoms with Crippen LogP contribution in [0.15, 0.2) is 24.3 Å². The van der Waals surface area contributed by atoms with E-state index in [4.69, 9.17) is 66.8 Å². The summed E-state index contributed by atoms with van der Waals surface area (Å²) in [4.78, 5) is 18.2. The van der Waals surface area contributed by atoms with Crippen LogP contribution in [0.3, 0.4) is 0 Å². The van der Waals surface area contributed by atoms with Crippen LogP contribution in [-0.2, 0) is 56.8 Å². The lowest BCUT2D eigenvalue weighted by Gasteiger charge is -2.24. The van der Waals surface area contributed by atoms with Crippen LogP contribution in [0.1, 0.15) is 153 Å². The molecule has 0 saturated carbocycles. The fraction of sp³-hybridized carbons (Fsp3) is 0.630. The second-order valence-corrected chi connectivity index (χ2v) is 23.0. The molecule has 0 amide bonds. The van der Waals surface area contributed by atoms with Crippen molar-refractivity contribution >= 4 is 46.4 Å². The quantitative estimate of drug-likeness (QED) is 0.0881. The summed E-state index contributed by atoms with van der Waals surface area (Å²) >= 11 is 0. The van der Waals surface area contributed by atoms with E-state index in [1.165, 1.54) is 0 Å². The Balaban J connectivity index is 1.24. The Morgan fingerprint density at radius 2 is 0.730 bits per heavy atom. The van der Waals surface area contributed by atoms with Crippen molar-refractivity contribution < 1.29 is 77.3 Å². The van der Waals surface area contributed by atoms with Crippen LogP contribution in [0.25, 0.3) is 46.4 Å². The maximum atomic E-state index is 11.4. The van der Waals surface area contributed by atoms with Crippen molar-refractivity contribution in [2.45, 2.75) is 191 Å². The average Bonchev–Trinajstić information content (AvgIpc) is 4.16. The van der Waals surface area contributed by atoms with Crippen molar-refractivity contribution in [3.63, 3.8) is 0 Å². The van der Waals surface area contributed by atoms with E-state index < -0.39 is 121 Å². The zero-order chi connectivity index (χ0) is 52.7. The fourth-order valence-electron chi connectivity index (χ4n) is 11.6. The van der Waals surface area contributed by atoms with Gasteiger partial charge in [0, 0.05) is 44.3 Å².